The number of halogens is 1. The number of thiazole rings is 1. The topological polar surface area (TPSA) is 95.3 Å². The predicted molar refractivity (Wildman–Crippen MR) is 146 cm³/mol. The third kappa shape index (κ3) is 3.79. The van der Waals surface area contributed by atoms with E-state index in [0.717, 1.165) is 27.2 Å². The Morgan fingerprint density at radius 3 is 2.53 bits per heavy atom. The van der Waals surface area contributed by atoms with Gasteiger partial charge in [-0.15, -0.1) is 11.3 Å². The van der Waals surface area contributed by atoms with Crippen LogP contribution >= 0.6 is 22.9 Å². The first kappa shape index (κ1) is 24.3. The van der Waals surface area contributed by atoms with Crippen LogP contribution in [0.15, 0.2) is 54.2 Å². The second-order valence-electron chi connectivity index (χ2n) is 9.05. The fourth-order valence-corrected chi connectivity index (χ4v) is 5.74. The number of carbonyl (C=O) groups excluding carboxylic acids is 1. The number of methoxy groups -OCH3 is 2. The summed E-state index contributed by atoms with van der Waals surface area (Å²) >= 11 is 7.77. The van der Waals surface area contributed by atoms with Gasteiger partial charge >= 0.3 is 6.01 Å². The van der Waals surface area contributed by atoms with E-state index in [1.165, 1.54) is 25.6 Å². The van der Waals surface area contributed by atoms with Gasteiger partial charge in [-0.3, -0.25) is 9.69 Å². The molecule has 1 atom stereocenters. The van der Waals surface area contributed by atoms with Gasteiger partial charge in [0.2, 0.25) is 5.88 Å². The summed E-state index contributed by atoms with van der Waals surface area (Å²) in [6, 6.07) is 13.1. The summed E-state index contributed by atoms with van der Waals surface area (Å²) < 4.78 is 13.8. The van der Waals surface area contributed by atoms with Crippen LogP contribution in [-0.2, 0) is 0 Å². The molecule has 4 heterocycles. The summed E-state index contributed by atoms with van der Waals surface area (Å²) in [4.78, 5) is 33.8. The highest BCUT2D eigenvalue weighted by Crippen LogP contribution is 2.46. The van der Waals surface area contributed by atoms with Gasteiger partial charge in [-0.2, -0.15) is 4.98 Å². The maximum atomic E-state index is 14.1. The third-order valence-electron chi connectivity index (χ3n) is 6.53. The third-order valence-corrected chi connectivity index (χ3v) is 7.57. The lowest BCUT2D eigenvalue weighted by Crippen LogP contribution is -2.30. The Balaban J connectivity index is 1.59. The molecule has 6 rings (SSSR count). The summed E-state index contributed by atoms with van der Waals surface area (Å²) in [5.74, 6) is 0.664. The lowest BCUT2D eigenvalue weighted by atomic mass is 10.0. The second-order valence-corrected chi connectivity index (χ2v) is 10.4. The number of imidazole rings is 1. The molecule has 0 saturated heterocycles. The quantitative estimate of drug-likeness (QED) is 0.259. The van der Waals surface area contributed by atoms with Crippen LogP contribution in [-0.4, -0.2) is 44.6 Å². The molecular weight excluding hydrogens is 524 g/mol. The van der Waals surface area contributed by atoms with Crippen LogP contribution in [0.4, 0.5) is 5.69 Å². The van der Waals surface area contributed by atoms with Crippen molar-refractivity contribution < 1.29 is 14.3 Å². The average Bonchev–Trinajstić information content (AvgIpc) is 3.62. The smallest absolute Gasteiger partial charge is 0.319 e. The van der Waals surface area contributed by atoms with Crippen molar-refractivity contribution in [3.8, 4) is 23.3 Å². The van der Waals surface area contributed by atoms with Gasteiger partial charge in [0.25, 0.3) is 5.91 Å². The summed E-state index contributed by atoms with van der Waals surface area (Å²) in [6.45, 7) is 4.11. The molecule has 0 fully saturated rings. The molecule has 1 amide bonds. The molecule has 0 N–H and O–H groups in total. The maximum absolute atomic E-state index is 14.1. The van der Waals surface area contributed by atoms with Crippen molar-refractivity contribution in [3.63, 3.8) is 0 Å². The summed E-state index contributed by atoms with van der Waals surface area (Å²) in [5, 5.41) is 0.620. The zero-order valence-electron chi connectivity index (χ0n) is 21.0. The largest absolute Gasteiger partial charge is 0.480 e. The number of benzene rings is 2. The Morgan fingerprint density at radius 2 is 1.82 bits per heavy atom. The van der Waals surface area contributed by atoms with Gasteiger partial charge in [-0.05, 0) is 49.7 Å². The molecule has 0 radical (unpaired) electrons. The van der Waals surface area contributed by atoms with E-state index in [1.54, 1.807) is 16.6 Å². The van der Waals surface area contributed by atoms with Crippen LogP contribution in [0.1, 0.15) is 47.7 Å². The highest BCUT2D eigenvalue weighted by molar-refractivity contribution is 7.16. The van der Waals surface area contributed by atoms with Crippen molar-refractivity contribution >= 4 is 44.7 Å². The number of hydrogen-bond acceptors (Lipinski definition) is 8. The van der Waals surface area contributed by atoms with Crippen molar-refractivity contribution in [2.45, 2.75) is 25.9 Å². The van der Waals surface area contributed by atoms with Gasteiger partial charge in [0, 0.05) is 22.9 Å². The minimum Gasteiger partial charge on any atom is -0.480 e. The Bertz CT molecular complexity index is 1680. The van der Waals surface area contributed by atoms with Crippen molar-refractivity contribution in [2.24, 2.45) is 0 Å². The zero-order chi connectivity index (χ0) is 26.6. The van der Waals surface area contributed by atoms with E-state index in [4.69, 9.17) is 26.1 Å². The van der Waals surface area contributed by atoms with Crippen molar-refractivity contribution in [1.29, 1.82) is 0 Å². The maximum Gasteiger partial charge on any atom is 0.319 e. The van der Waals surface area contributed by atoms with Gasteiger partial charge in [-0.1, -0.05) is 23.7 Å². The predicted octanol–water partition coefficient (Wildman–Crippen LogP) is 5.95. The molecule has 0 bridgehead atoms. The fourth-order valence-electron chi connectivity index (χ4n) is 4.90. The second kappa shape index (κ2) is 9.38. The molecule has 1 aliphatic rings. The molecule has 5 aromatic rings. The highest BCUT2D eigenvalue weighted by atomic mass is 35.5. The minimum atomic E-state index is -0.436. The van der Waals surface area contributed by atoms with E-state index in [9.17, 15) is 4.79 Å². The van der Waals surface area contributed by atoms with Crippen molar-refractivity contribution in [1.82, 2.24) is 24.5 Å². The molecular formula is C27H23ClN6O3S. The van der Waals surface area contributed by atoms with Crippen molar-refractivity contribution in [2.75, 3.05) is 19.1 Å². The van der Waals surface area contributed by atoms with Crippen LogP contribution in [0.5, 0.6) is 11.9 Å². The van der Waals surface area contributed by atoms with Crippen LogP contribution in [0.2, 0.25) is 5.02 Å². The Kier molecular flexibility index (Phi) is 6.00. The monoisotopic (exact) mass is 546 g/mol. The lowest BCUT2D eigenvalue weighted by molar-refractivity contribution is 0.0989. The molecule has 38 heavy (non-hydrogen) atoms. The van der Waals surface area contributed by atoms with E-state index in [2.05, 4.69) is 33.4 Å². The van der Waals surface area contributed by atoms with Crippen LogP contribution in [0.25, 0.3) is 21.6 Å². The average molecular weight is 547 g/mol. The van der Waals surface area contributed by atoms with Gasteiger partial charge in [-0.25, -0.2) is 15.0 Å². The van der Waals surface area contributed by atoms with E-state index >= 15 is 0 Å². The van der Waals surface area contributed by atoms with Crippen LogP contribution < -0.4 is 14.4 Å². The van der Waals surface area contributed by atoms with E-state index in [0.29, 0.717) is 28.0 Å². The Labute approximate surface area is 227 Å². The van der Waals surface area contributed by atoms with Crippen molar-refractivity contribution in [3.05, 3.63) is 76.1 Å². The molecule has 192 valence electrons. The first-order valence-electron chi connectivity index (χ1n) is 11.9. The normalized spacial score (nSPS) is 14.9. The molecule has 0 saturated carbocycles. The summed E-state index contributed by atoms with van der Waals surface area (Å²) in [5.41, 5.74) is 6.10. The molecule has 2 aromatic carbocycles. The fraction of sp³-hybridized carbons (Fsp3) is 0.222. The molecule has 0 aliphatic carbocycles. The van der Waals surface area contributed by atoms with Gasteiger partial charge < -0.3 is 14.0 Å². The SMILES string of the molecule is COc1ncc(-c2nc3c(n2C(C)C)[C@@H](c2ccc(Cl)cc2)N(c2ccc4ncsc4c2)C3=O)c(OC)n1. The first-order chi connectivity index (χ1) is 18.4. The lowest BCUT2D eigenvalue weighted by Gasteiger charge is -2.28. The number of amides is 1. The minimum absolute atomic E-state index is 0.0421. The standard InChI is InChI=1S/C27H23ClN6O3S/c1-14(2)33-23-21(31-24(33)18-12-29-27(37-4)32-25(18)36-3)26(35)34(22(23)15-5-7-16(28)8-6-15)17-9-10-19-20(11-17)38-13-30-19/h5-14,22H,1-4H3/t22-/m1/s1. The van der Waals surface area contributed by atoms with E-state index in [1.807, 2.05) is 42.5 Å². The van der Waals surface area contributed by atoms with Crippen LogP contribution in [0.3, 0.4) is 0 Å². The number of fused-ring (bicyclic) bond motifs is 2. The molecule has 3 aromatic heterocycles. The number of nitrogens with zero attached hydrogens (tertiary/aromatic N) is 6. The van der Waals surface area contributed by atoms with Gasteiger partial charge in [0.1, 0.15) is 11.9 Å². The summed E-state index contributed by atoms with van der Waals surface area (Å²) in [7, 11) is 3.02. The molecule has 9 nitrogen and oxygen atoms in total. The molecule has 0 spiro atoms. The number of ether oxygens (including phenoxy) is 2. The molecule has 11 heteroatoms. The van der Waals surface area contributed by atoms with Gasteiger partial charge in [0.15, 0.2) is 5.69 Å². The van der Waals surface area contributed by atoms with Gasteiger partial charge in [0.05, 0.1) is 41.2 Å². The first-order valence-corrected chi connectivity index (χ1v) is 13.2. The van der Waals surface area contributed by atoms with E-state index in [-0.39, 0.29) is 18.0 Å². The highest BCUT2D eigenvalue weighted by Gasteiger charge is 2.45. The number of rotatable bonds is 6. The van der Waals surface area contributed by atoms with Crippen LogP contribution in [0, 0.1) is 0 Å². The molecule has 0 unspecified atom stereocenters. The van der Waals surface area contributed by atoms with E-state index < -0.39 is 6.04 Å². The molecule has 1 aliphatic heterocycles. The number of aromatic nitrogens is 5. The number of anilines is 1. The Morgan fingerprint density at radius 1 is 1.03 bits per heavy atom. The Hall–Kier alpha value is -4.02. The summed E-state index contributed by atoms with van der Waals surface area (Å²) in [6.07, 6.45) is 1.61. The number of carbonyl (C=O) groups is 1. The number of hydrogen-bond donors (Lipinski definition) is 0. The zero-order valence-corrected chi connectivity index (χ0v) is 22.6.